The van der Waals surface area contributed by atoms with Gasteiger partial charge in [0.25, 0.3) is 0 Å². The molecule has 0 bridgehead atoms. The van der Waals surface area contributed by atoms with Crippen molar-refractivity contribution >= 4 is 95.9 Å². The molecule has 0 unspecified atom stereocenters. The Labute approximate surface area is 295 Å². The molecule has 232 valence electrons. The van der Waals surface area contributed by atoms with Gasteiger partial charge in [0.1, 0.15) is 10.3 Å². The van der Waals surface area contributed by atoms with Crippen LogP contribution in [0.5, 0.6) is 0 Å². The fourth-order valence-corrected chi connectivity index (χ4v) is 9.94. The Balaban J connectivity index is 1.03. The van der Waals surface area contributed by atoms with E-state index in [0.717, 1.165) is 37.5 Å². The van der Waals surface area contributed by atoms with Crippen molar-refractivity contribution in [1.82, 2.24) is 9.97 Å². The highest BCUT2D eigenvalue weighted by Gasteiger charge is 2.16. The average Bonchev–Trinajstić information content (AvgIpc) is 3.75. The Bertz CT molecular complexity index is 3170. The second kappa shape index (κ2) is 10.8. The highest BCUT2D eigenvalue weighted by molar-refractivity contribution is 7.26. The molecule has 0 saturated heterocycles. The topological polar surface area (TPSA) is 25.8 Å². The molecule has 0 amide bonds. The van der Waals surface area contributed by atoms with Gasteiger partial charge in [0.05, 0.1) is 11.0 Å². The number of rotatable bonds is 3. The highest BCUT2D eigenvalue weighted by atomic mass is 32.1. The second-order valence-electron chi connectivity index (χ2n) is 12.9. The van der Waals surface area contributed by atoms with Crippen molar-refractivity contribution in [2.24, 2.45) is 0 Å². The van der Waals surface area contributed by atoms with Crippen LogP contribution < -0.4 is 0 Å². The maximum absolute atomic E-state index is 5.37. The summed E-state index contributed by atoms with van der Waals surface area (Å²) in [6.45, 7) is 0. The summed E-state index contributed by atoms with van der Waals surface area (Å²) in [4.78, 5) is 11.6. The van der Waals surface area contributed by atoms with Gasteiger partial charge in [-0.15, -0.1) is 22.7 Å². The van der Waals surface area contributed by atoms with E-state index in [1.165, 1.54) is 69.0 Å². The van der Waals surface area contributed by atoms with E-state index in [1.807, 2.05) is 11.3 Å². The molecule has 0 aliphatic rings. The van der Waals surface area contributed by atoms with Crippen LogP contribution >= 0.6 is 22.7 Å². The molecule has 0 atom stereocenters. The van der Waals surface area contributed by atoms with E-state index in [9.17, 15) is 0 Å². The first-order valence-electron chi connectivity index (χ1n) is 16.8. The maximum atomic E-state index is 5.37. The van der Waals surface area contributed by atoms with Crippen LogP contribution in [0.25, 0.3) is 107 Å². The molecule has 0 aliphatic carbocycles. The predicted octanol–water partition coefficient (Wildman–Crippen LogP) is 13.7. The minimum Gasteiger partial charge on any atom is -0.242 e. The molecule has 0 spiro atoms. The molecule has 11 aromatic rings. The zero-order chi connectivity index (χ0) is 32.8. The predicted molar refractivity (Wildman–Crippen MR) is 217 cm³/mol. The van der Waals surface area contributed by atoms with Crippen LogP contribution in [0, 0.1) is 0 Å². The number of hydrogen-bond acceptors (Lipinski definition) is 4. The summed E-state index contributed by atoms with van der Waals surface area (Å²) in [5.41, 5.74) is 10.2. The fourth-order valence-electron chi connectivity index (χ4n) is 7.70. The minimum absolute atomic E-state index is 0.963. The summed E-state index contributed by atoms with van der Waals surface area (Å²) in [7, 11) is 0. The molecule has 0 N–H and O–H groups in total. The number of nitrogens with zero attached hydrogens (tertiary/aromatic N) is 2. The van der Waals surface area contributed by atoms with Gasteiger partial charge >= 0.3 is 0 Å². The van der Waals surface area contributed by atoms with E-state index in [2.05, 4.69) is 158 Å². The largest absolute Gasteiger partial charge is 0.242 e. The summed E-state index contributed by atoms with van der Waals surface area (Å²) in [5, 5.41) is 8.53. The van der Waals surface area contributed by atoms with Crippen LogP contribution in [0.2, 0.25) is 0 Å². The summed E-state index contributed by atoms with van der Waals surface area (Å²) in [5.74, 6) is 0. The first kappa shape index (κ1) is 28.0. The molecular weight excluding hydrogens is 645 g/mol. The Morgan fingerprint density at radius 2 is 0.860 bits per heavy atom. The van der Waals surface area contributed by atoms with Crippen molar-refractivity contribution in [3.8, 4) is 33.4 Å². The van der Waals surface area contributed by atoms with Gasteiger partial charge in [-0.05, 0) is 74.5 Å². The van der Waals surface area contributed by atoms with E-state index in [4.69, 9.17) is 9.97 Å². The lowest BCUT2D eigenvalue weighted by Gasteiger charge is -2.10. The third-order valence-electron chi connectivity index (χ3n) is 10.1. The normalized spacial score (nSPS) is 12.0. The Kier molecular flexibility index (Phi) is 6.03. The lowest BCUT2D eigenvalue weighted by Crippen LogP contribution is -1.89. The molecule has 3 heterocycles. The third kappa shape index (κ3) is 4.19. The van der Waals surface area contributed by atoms with Gasteiger partial charge in [-0.2, -0.15) is 0 Å². The van der Waals surface area contributed by atoms with Crippen molar-refractivity contribution in [3.63, 3.8) is 0 Å². The molecule has 11 rings (SSSR count). The molecule has 8 aromatic carbocycles. The molecule has 0 saturated carbocycles. The zero-order valence-electron chi connectivity index (χ0n) is 26.7. The van der Waals surface area contributed by atoms with Gasteiger partial charge in [0.2, 0.25) is 0 Å². The van der Waals surface area contributed by atoms with Crippen molar-refractivity contribution in [3.05, 3.63) is 158 Å². The molecule has 3 aromatic heterocycles. The molecule has 0 fully saturated rings. The van der Waals surface area contributed by atoms with Crippen LogP contribution in [-0.2, 0) is 0 Å². The van der Waals surface area contributed by atoms with Crippen molar-refractivity contribution in [2.75, 3.05) is 0 Å². The molecule has 2 nitrogen and oxygen atoms in total. The molecular formula is C46H26N2S2. The summed E-state index contributed by atoms with van der Waals surface area (Å²) in [6.07, 6.45) is 0. The third-order valence-corrected chi connectivity index (χ3v) is 12.3. The van der Waals surface area contributed by atoms with E-state index >= 15 is 0 Å². The second-order valence-corrected chi connectivity index (χ2v) is 15.0. The van der Waals surface area contributed by atoms with Gasteiger partial charge in [-0.25, -0.2) is 9.97 Å². The van der Waals surface area contributed by atoms with Crippen LogP contribution in [0.3, 0.4) is 0 Å². The lowest BCUT2D eigenvalue weighted by atomic mass is 9.95. The maximum Gasteiger partial charge on any atom is 0.143 e. The molecule has 0 aliphatic heterocycles. The summed E-state index contributed by atoms with van der Waals surface area (Å²) in [6, 6.07) is 57.2. The van der Waals surface area contributed by atoms with Crippen molar-refractivity contribution in [2.45, 2.75) is 0 Å². The standard InChI is InChI=1S/C46H26N2S2/c1-3-17-36-33(14-1)34-15-2-4-18-37(34)43-42(36)47-44-39-26-30(22-23-41(39)50-46(44)48-43)28-11-7-10-27(24-28)29-12-8-13-31(25-29)32-19-9-20-38-35-16-5-6-21-40(35)49-45(32)38/h1-26H. The quantitative estimate of drug-likeness (QED) is 0.175. The lowest BCUT2D eigenvalue weighted by molar-refractivity contribution is 1.46. The number of thiophene rings is 2. The van der Waals surface area contributed by atoms with Gasteiger partial charge in [0.15, 0.2) is 0 Å². The Morgan fingerprint density at radius 3 is 1.60 bits per heavy atom. The molecule has 4 heteroatoms. The van der Waals surface area contributed by atoms with E-state index in [-0.39, 0.29) is 0 Å². The fraction of sp³-hybridized carbons (Fsp3) is 0. The minimum atomic E-state index is 0.963. The van der Waals surface area contributed by atoms with Crippen molar-refractivity contribution in [1.29, 1.82) is 0 Å². The number of fused-ring (bicyclic) bond motifs is 12. The summed E-state index contributed by atoms with van der Waals surface area (Å²) < 4.78 is 3.87. The number of benzene rings is 8. The monoisotopic (exact) mass is 670 g/mol. The number of aromatic nitrogens is 2. The highest BCUT2D eigenvalue weighted by Crippen LogP contribution is 2.42. The van der Waals surface area contributed by atoms with Crippen LogP contribution in [0.4, 0.5) is 0 Å². The summed E-state index contributed by atoms with van der Waals surface area (Å²) >= 11 is 3.60. The van der Waals surface area contributed by atoms with E-state index < -0.39 is 0 Å². The first-order chi connectivity index (χ1) is 24.8. The number of hydrogen-bond donors (Lipinski definition) is 0. The van der Waals surface area contributed by atoms with Gasteiger partial charge in [-0.1, -0.05) is 127 Å². The average molecular weight is 671 g/mol. The van der Waals surface area contributed by atoms with E-state index in [1.54, 1.807) is 11.3 Å². The molecule has 0 radical (unpaired) electrons. The van der Waals surface area contributed by atoms with Crippen LogP contribution in [0.1, 0.15) is 0 Å². The van der Waals surface area contributed by atoms with E-state index in [0.29, 0.717) is 0 Å². The Morgan fingerprint density at radius 1 is 0.320 bits per heavy atom. The van der Waals surface area contributed by atoms with Gasteiger partial charge in [0, 0.05) is 41.0 Å². The SMILES string of the molecule is c1cc(-c2cccc(-c3cccc4c3sc3ccccc34)c2)cc(-c2ccc3sc4nc5c6ccccc6c6ccccc6c5nc4c3c2)c1. The van der Waals surface area contributed by atoms with Gasteiger partial charge < -0.3 is 0 Å². The van der Waals surface area contributed by atoms with Crippen molar-refractivity contribution < 1.29 is 0 Å². The van der Waals surface area contributed by atoms with Crippen LogP contribution in [0.15, 0.2) is 158 Å². The molecule has 50 heavy (non-hydrogen) atoms. The van der Waals surface area contributed by atoms with Crippen LogP contribution in [-0.4, -0.2) is 9.97 Å². The first-order valence-corrected chi connectivity index (χ1v) is 18.5. The smallest absolute Gasteiger partial charge is 0.143 e. The van der Waals surface area contributed by atoms with Gasteiger partial charge in [-0.3, -0.25) is 0 Å². The zero-order valence-corrected chi connectivity index (χ0v) is 28.4. The Hall–Kier alpha value is -5.94.